The normalized spacial score (nSPS) is 11.8. The molecule has 0 amide bonds. The molecule has 21 heavy (non-hydrogen) atoms. The lowest BCUT2D eigenvalue weighted by Gasteiger charge is -2.04. The molecule has 2 aromatic heterocycles. The standard InChI is InChI=1S/C19H11NO/c1-2-6-13-12(5-1)14-7-3-8-16-19(14)15(13)11-17(20-16)18-9-4-10-21-18/h1-11H. The second kappa shape index (κ2) is 3.83. The van der Waals surface area contributed by atoms with Gasteiger partial charge in [-0.25, -0.2) is 4.98 Å². The fraction of sp³-hybridized carbons (Fsp3) is 0. The quantitative estimate of drug-likeness (QED) is 0.421. The van der Waals surface area contributed by atoms with Crippen molar-refractivity contribution in [3.63, 3.8) is 0 Å². The third kappa shape index (κ3) is 1.39. The number of rotatable bonds is 1. The van der Waals surface area contributed by atoms with Crippen molar-refractivity contribution in [1.29, 1.82) is 0 Å². The van der Waals surface area contributed by atoms with Crippen LogP contribution in [0.15, 0.2) is 71.3 Å². The van der Waals surface area contributed by atoms with Gasteiger partial charge in [0.15, 0.2) is 5.76 Å². The van der Waals surface area contributed by atoms with E-state index in [1.165, 1.54) is 27.6 Å². The molecule has 2 aromatic carbocycles. The summed E-state index contributed by atoms with van der Waals surface area (Å²) in [5, 5.41) is 1.24. The van der Waals surface area contributed by atoms with E-state index in [0.717, 1.165) is 17.0 Å². The van der Waals surface area contributed by atoms with E-state index in [1.807, 2.05) is 12.1 Å². The maximum absolute atomic E-state index is 5.51. The van der Waals surface area contributed by atoms with Crippen molar-refractivity contribution in [3.05, 3.63) is 66.9 Å². The monoisotopic (exact) mass is 269 g/mol. The van der Waals surface area contributed by atoms with Gasteiger partial charge in [-0.05, 0) is 46.5 Å². The van der Waals surface area contributed by atoms with Gasteiger partial charge in [0.1, 0.15) is 5.69 Å². The molecule has 1 aliphatic carbocycles. The summed E-state index contributed by atoms with van der Waals surface area (Å²) in [5.74, 6) is 0.808. The van der Waals surface area contributed by atoms with Crippen LogP contribution in [0.3, 0.4) is 0 Å². The molecule has 98 valence electrons. The summed E-state index contributed by atoms with van der Waals surface area (Å²) in [4.78, 5) is 4.77. The molecule has 0 saturated heterocycles. The van der Waals surface area contributed by atoms with Crippen LogP contribution >= 0.6 is 0 Å². The molecular weight excluding hydrogens is 258 g/mol. The average molecular weight is 269 g/mol. The van der Waals surface area contributed by atoms with Crippen molar-refractivity contribution >= 4 is 10.9 Å². The molecule has 1 aliphatic rings. The smallest absolute Gasteiger partial charge is 0.152 e. The minimum Gasteiger partial charge on any atom is -0.463 e. The molecule has 2 nitrogen and oxygen atoms in total. The molecule has 0 unspecified atom stereocenters. The van der Waals surface area contributed by atoms with Gasteiger partial charge >= 0.3 is 0 Å². The number of hydrogen-bond donors (Lipinski definition) is 0. The van der Waals surface area contributed by atoms with Crippen molar-refractivity contribution in [3.8, 4) is 33.7 Å². The van der Waals surface area contributed by atoms with Gasteiger partial charge in [-0.2, -0.15) is 0 Å². The zero-order chi connectivity index (χ0) is 13.8. The summed E-state index contributed by atoms with van der Waals surface area (Å²) >= 11 is 0. The van der Waals surface area contributed by atoms with Gasteiger partial charge in [0, 0.05) is 5.39 Å². The Balaban J connectivity index is 1.94. The fourth-order valence-corrected chi connectivity index (χ4v) is 3.23. The average Bonchev–Trinajstić information content (AvgIpc) is 3.16. The highest BCUT2D eigenvalue weighted by Gasteiger charge is 2.22. The first kappa shape index (κ1) is 10.9. The maximum Gasteiger partial charge on any atom is 0.152 e. The van der Waals surface area contributed by atoms with Gasteiger partial charge in [-0.1, -0.05) is 36.4 Å². The number of hydrogen-bond acceptors (Lipinski definition) is 2. The minimum atomic E-state index is 0.808. The Bertz CT molecular complexity index is 984. The summed E-state index contributed by atoms with van der Waals surface area (Å²) in [6, 6.07) is 20.8. The predicted octanol–water partition coefficient (Wildman–Crippen LogP) is 5.14. The molecule has 2 heterocycles. The van der Waals surface area contributed by atoms with Gasteiger partial charge in [0.25, 0.3) is 0 Å². The number of nitrogens with zero attached hydrogens (tertiary/aromatic N) is 1. The third-order valence-electron chi connectivity index (χ3n) is 4.11. The van der Waals surface area contributed by atoms with Crippen LogP contribution in [0, 0.1) is 0 Å². The van der Waals surface area contributed by atoms with Gasteiger partial charge in [0.2, 0.25) is 0 Å². The Morgan fingerprint density at radius 1 is 0.714 bits per heavy atom. The number of fused-ring (bicyclic) bond motifs is 3. The van der Waals surface area contributed by atoms with E-state index >= 15 is 0 Å². The Kier molecular flexibility index (Phi) is 1.98. The lowest BCUT2D eigenvalue weighted by Crippen LogP contribution is -1.85. The largest absolute Gasteiger partial charge is 0.463 e. The third-order valence-corrected chi connectivity index (χ3v) is 4.11. The molecular formula is C19H11NO. The van der Waals surface area contributed by atoms with Crippen molar-refractivity contribution in [2.24, 2.45) is 0 Å². The molecule has 0 bridgehead atoms. The van der Waals surface area contributed by atoms with Crippen LogP contribution in [0.2, 0.25) is 0 Å². The number of aromatic nitrogens is 1. The van der Waals surface area contributed by atoms with Gasteiger partial charge in [-0.15, -0.1) is 0 Å². The SMILES string of the molecule is c1coc(-c2cc3c4c(cccc4n2)-c2ccccc2-3)c1. The van der Waals surface area contributed by atoms with Crippen LogP contribution < -0.4 is 0 Å². The molecule has 0 N–H and O–H groups in total. The van der Waals surface area contributed by atoms with Crippen molar-refractivity contribution in [1.82, 2.24) is 4.98 Å². The summed E-state index contributed by atoms with van der Waals surface area (Å²) in [6.45, 7) is 0. The Morgan fingerprint density at radius 3 is 2.33 bits per heavy atom. The van der Waals surface area contributed by atoms with E-state index in [1.54, 1.807) is 6.26 Å². The van der Waals surface area contributed by atoms with E-state index in [0.29, 0.717) is 0 Å². The molecule has 5 rings (SSSR count). The minimum absolute atomic E-state index is 0.808. The lowest BCUT2D eigenvalue weighted by molar-refractivity contribution is 0.580. The Labute approximate surface area is 121 Å². The van der Waals surface area contributed by atoms with Crippen LogP contribution in [0.5, 0.6) is 0 Å². The number of furan rings is 1. The summed E-state index contributed by atoms with van der Waals surface area (Å²) < 4.78 is 5.51. The molecule has 0 spiro atoms. The van der Waals surface area contributed by atoms with E-state index < -0.39 is 0 Å². The topological polar surface area (TPSA) is 26.0 Å². The zero-order valence-corrected chi connectivity index (χ0v) is 11.2. The van der Waals surface area contributed by atoms with Crippen molar-refractivity contribution in [2.45, 2.75) is 0 Å². The first-order chi connectivity index (χ1) is 10.4. The lowest BCUT2D eigenvalue weighted by atomic mass is 10.0. The zero-order valence-electron chi connectivity index (χ0n) is 11.2. The van der Waals surface area contributed by atoms with Gasteiger partial charge < -0.3 is 4.42 Å². The number of benzene rings is 2. The van der Waals surface area contributed by atoms with E-state index in [-0.39, 0.29) is 0 Å². The molecule has 0 atom stereocenters. The molecule has 0 aliphatic heterocycles. The second-order valence-corrected chi connectivity index (χ2v) is 5.28. The Morgan fingerprint density at radius 2 is 1.52 bits per heavy atom. The van der Waals surface area contributed by atoms with Crippen LogP contribution in [0.25, 0.3) is 44.6 Å². The summed E-state index contributed by atoms with van der Waals surface area (Å²) in [7, 11) is 0. The fourth-order valence-electron chi connectivity index (χ4n) is 3.23. The van der Waals surface area contributed by atoms with Crippen LogP contribution in [-0.4, -0.2) is 4.98 Å². The molecule has 0 radical (unpaired) electrons. The molecule has 0 fully saturated rings. The summed E-state index contributed by atoms with van der Waals surface area (Å²) in [5.41, 5.74) is 6.99. The maximum atomic E-state index is 5.51. The van der Waals surface area contributed by atoms with Crippen LogP contribution in [-0.2, 0) is 0 Å². The highest BCUT2D eigenvalue weighted by Crippen LogP contribution is 2.47. The van der Waals surface area contributed by atoms with Gasteiger partial charge in [0.05, 0.1) is 11.8 Å². The van der Waals surface area contributed by atoms with Gasteiger partial charge in [-0.3, -0.25) is 0 Å². The molecule has 4 aromatic rings. The first-order valence-electron chi connectivity index (χ1n) is 6.99. The van der Waals surface area contributed by atoms with Crippen molar-refractivity contribution in [2.75, 3.05) is 0 Å². The molecule has 2 heteroatoms. The number of pyridine rings is 1. The first-order valence-corrected chi connectivity index (χ1v) is 6.99. The highest BCUT2D eigenvalue weighted by molar-refractivity contribution is 6.14. The summed E-state index contributed by atoms with van der Waals surface area (Å²) in [6.07, 6.45) is 1.69. The Hall–Kier alpha value is -2.87. The van der Waals surface area contributed by atoms with E-state index in [9.17, 15) is 0 Å². The van der Waals surface area contributed by atoms with Crippen molar-refractivity contribution < 1.29 is 4.42 Å². The van der Waals surface area contributed by atoms with E-state index in [4.69, 9.17) is 9.40 Å². The predicted molar refractivity (Wildman–Crippen MR) is 83.9 cm³/mol. The second-order valence-electron chi connectivity index (χ2n) is 5.28. The van der Waals surface area contributed by atoms with Crippen LogP contribution in [0.1, 0.15) is 0 Å². The molecule has 0 saturated carbocycles. The van der Waals surface area contributed by atoms with E-state index in [2.05, 4.69) is 48.5 Å². The highest BCUT2D eigenvalue weighted by atomic mass is 16.3. The van der Waals surface area contributed by atoms with Crippen LogP contribution in [0.4, 0.5) is 0 Å².